The maximum Gasteiger partial charge on any atom is 0.118 e. The van der Waals surface area contributed by atoms with Crippen LogP contribution in [0.1, 0.15) is 26.3 Å². The molecule has 0 aliphatic rings. The van der Waals surface area contributed by atoms with Crippen LogP contribution in [0.5, 0.6) is 5.75 Å². The number of aromatic hydroxyl groups is 1. The minimum absolute atomic E-state index is 0.110. The number of hydrogen-bond donors (Lipinski definition) is 3. The third kappa shape index (κ3) is 5.33. The third-order valence-corrected chi connectivity index (χ3v) is 5.75. The molecular weight excluding hydrogens is 457 g/mol. The molecule has 0 saturated carbocycles. The van der Waals surface area contributed by atoms with Crippen LogP contribution in [0, 0.1) is 0 Å². The van der Waals surface area contributed by atoms with E-state index in [1.807, 2.05) is 30.3 Å². The lowest BCUT2D eigenvalue weighted by Crippen LogP contribution is -2.35. The van der Waals surface area contributed by atoms with Crippen LogP contribution in [0.4, 0.5) is 5.69 Å². The number of nitrogens with zero attached hydrogens (tertiary/aromatic N) is 2. The fraction of sp³-hybridized carbons (Fsp3) is 0.192. The van der Waals surface area contributed by atoms with Gasteiger partial charge in [0.15, 0.2) is 0 Å². The van der Waals surface area contributed by atoms with Gasteiger partial charge in [-0.15, -0.1) is 0 Å². The van der Waals surface area contributed by atoms with E-state index in [0.717, 1.165) is 26.8 Å². The number of fused-ring (bicyclic) bond motifs is 1. The third-order valence-electron chi connectivity index (χ3n) is 5.26. The number of phenols is 1. The number of pyridine rings is 1. The molecule has 4 aromatic rings. The van der Waals surface area contributed by atoms with Gasteiger partial charge in [0.25, 0.3) is 0 Å². The molecule has 3 N–H and O–H groups in total. The van der Waals surface area contributed by atoms with Crippen molar-refractivity contribution in [1.82, 2.24) is 10.0 Å². The highest BCUT2D eigenvalue weighted by molar-refractivity contribution is 6.31. The minimum Gasteiger partial charge on any atom is -0.508 e. The highest BCUT2D eigenvalue weighted by atomic mass is 35.5. The molecule has 170 valence electrons. The maximum atomic E-state index is 10.6. The average molecular weight is 482 g/mol. The minimum atomic E-state index is -0.120. The first-order valence-corrected chi connectivity index (χ1v) is 11.3. The molecule has 1 heterocycles. The second-order valence-corrected chi connectivity index (χ2v) is 9.79. The van der Waals surface area contributed by atoms with Crippen molar-refractivity contribution in [3.05, 3.63) is 87.8 Å². The lowest BCUT2D eigenvalue weighted by molar-refractivity contribution is 0.198. The number of phenolic OH excluding ortho intramolecular Hbond substituents is 1. The Hall–Kier alpha value is -2.99. The second kappa shape index (κ2) is 9.10. The zero-order chi connectivity index (χ0) is 23.8. The van der Waals surface area contributed by atoms with Crippen LogP contribution < -0.4 is 10.7 Å². The molecule has 3 aromatic carbocycles. The van der Waals surface area contributed by atoms with Crippen LogP contribution >= 0.6 is 23.2 Å². The van der Waals surface area contributed by atoms with E-state index in [1.165, 1.54) is 6.20 Å². The van der Waals surface area contributed by atoms with Gasteiger partial charge in [0.1, 0.15) is 5.75 Å². The highest BCUT2D eigenvalue weighted by Crippen LogP contribution is 2.36. The van der Waals surface area contributed by atoms with Gasteiger partial charge in [-0.2, -0.15) is 4.73 Å². The molecule has 0 saturated heterocycles. The molecule has 5 nitrogen and oxygen atoms in total. The monoisotopic (exact) mass is 481 g/mol. The lowest BCUT2D eigenvalue weighted by atomic mass is 9.96. The molecule has 0 bridgehead atoms. The normalized spacial score (nSPS) is 12.5. The summed E-state index contributed by atoms with van der Waals surface area (Å²) < 4.78 is 1.02. The summed E-state index contributed by atoms with van der Waals surface area (Å²) in [6.45, 7) is 6.83. The summed E-state index contributed by atoms with van der Waals surface area (Å²) in [7, 11) is 0. The fourth-order valence-corrected chi connectivity index (χ4v) is 3.91. The van der Waals surface area contributed by atoms with Gasteiger partial charge >= 0.3 is 0 Å². The Balaban J connectivity index is 1.97. The predicted molar refractivity (Wildman–Crippen MR) is 135 cm³/mol. The SMILES string of the molecule is CC(C)(C)NCc1c(N=c2ccn(O)c3cc(Cl)ccc23)cc(O)cc1-c1ccc(Cl)cc1. The summed E-state index contributed by atoms with van der Waals surface area (Å²) in [5.41, 5.74) is 3.77. The lowest BCUT2D eigenvalue weighted by Gasteiger charge is -2.23. The first kappa shape index (κ1) is 23.2. The van der Waals surface area contributed by atoms with Gasteiger partial charge < -0.3 is 15.6 Å². The molecule has 1 aromatic heterocycles. The van der Waals surface area contributed by atoms with Crippen LogP contribution in [-0.4, -0.2) is 20.6 Å². The fourth-order valence-electron chi connectivity index (χ4n) is 3.62. The Bertz CT molecular complexity index is 1390. The Kier molecular flexibility index (Phi) is 6.39. The van der Waals surface area contributed by atoms with Crippen molar-refractivity contribution in [3.63, 3.8) is 0 Å². The van der Waals surface area contributed by atoms with Crippen LogP contribution in [0.15, 0.2) is 71.9 Å². The van der Waals surface area contributed by atoms with Gasteiger partial charge in [-0.1, -0.05) is 35.3 Å². The van der Waals surface area contributed by atoms with E-state index in [1.54, 1.807) is 30.3 Å². The number of rotatable bonds is 4. The highest BCUT2D eigenvalue weighted by Gasteiger charge is 2.16. The molecule has 0 fully saturated rings. The zero-order valence-electron chi connectivity index (χ0n) is 18.6. The van der Waals surface area contributed by atoms with Crippen molar-refractivity contribution in [2.24, 2.45) is 4.99 Å². The quantitative estimate of drug-likeness (QED) is 0.284. The van der Waals surface area contributed by atoms with Crippen molar-refractivity contribution in [2.75, 3.05) is 0 Å². The Morgan fingerprint density at radius 1 is 0.939 bits per heavy atom. The smallest absolute Gasteiger partial charge is 0.118 e. The Morgan fingerprint density at radius 2 is 1.64 bits per heavy atom. The van der Waals surface area contributed by atoms with Gasteiger partial charge in [0.05, 0.1) is 16.6 Å². The number of hydrogen-bond acceptors (Lipinski definition) is 4. The van der Waals surface area contributed by atoms with Crippen LogP contribution in [0.25, 0.3) is 22.0 Å². The summed E-state index contributed by atoms with van der Waals surface area (Å²) >= 11 is 12.2. The second-order valence-electron chi connectivity index (χ2n) is 8.92. The Morgan fingerprint density at radius 3 is 2.33 bits per heavy atom. The molecule has 0 amide bonds. The van der Waals surface area contributed by atoms with Crippen LogP contribution in [0.2, 0.25) is 10.0 Å². The number of halogens is 2. The van der Waals surface area contributed by atoms with E-state index in [4.69, 9.17) is 28.2 Å². The maximum absolute atomic E-state index is 10.6. The van der Waals surface area contributed by atoms with Crippen molar-refractivity contribution in [2.45, 2.75) is 32.9 Å². The summed E-state index contributed by atoms with van der Waals surface area (Å²) in [6, 6.07) is 17.9. The van der Waals surface area contributed by atoms with E-state index < -0.39 is 0 Å². The molecule has 33 heavy (non-hydrogen) atoms. The molecule has 0 spiro atoms. The molecular formula is C26H25Cl2N3O2. The zero-order valence-corrected chi connectivity index (χ0v) is 20.1. The summed E-state index contributed by atoms with van der Waals surface area (Å²) in [5, 5.41) is 26.9. The van der Waals surface area contributed by atoms with E-state index >= 15 is 0 Å². The molecule has 0 aliphatic heterocycles. The van der Waals surface area contributed by atoms with E-state index in [0.29, 0.717) is 33.2 Å². The van der Waals surface area contributed by atoms with Crippen LogP contribution in [0.3, 0.4) is 0 Å². The molecule has 7 heteroatoms. The first-order chi connectivity index (χ1) is 15.6. The molecule has 4 rings (SSSR count). The first-order valence-electron chi connectivity index (χ1n) is 10.5. The van der Waals surface area contributed by atoms with E-state index in [9.17, 15) is 10.3 Å². The molecule has 0 radical (unpaired) electrons. The largest absolute Gasteiger partial charge is 0.508 e. The Labute approximate surface area is 202 Å². The summed E-state index contributed by atoms with van der Waals surface area (Å²) in [6.07, 6.45) is 1.52. The standard InChI is InChI=1S/C26H25Cl2N3O2/c1-26(2,3)29-15-22-21(16-4-6-17(27)7-5-16)13-19(32)14-24(22)30-23-10-11-31(33)25-12-18(28)8-9-20(23)25/h4-14,29,32-33H,15H2,1-3H3. The summed E-state index contributed by atoms with van der Waals surface area (Å²) in [5.74, 6) is 0.110. The van der Waals surface area contributed by atoms with Gasteiger partial charge in [-0.3, -0.25) is 0 Å². The van der Waals surface area contributed by atoms with E-state index in [-0.39, 0.29) is 11.3 Å². The molecule has 0 aliphatic carbocycles. The van der Waals surface area contributed by atoms with E-state index in [2.05, 4.69) is 26.1 Å². The number of aromatic nitrogens is 1. The van der Waals surface area contributed by atoms with Crippen LogP contribution in [-0.2, 0) is 6.54 Å². The van der Waals surface area contributed by atoms with Crippen molar-refractivity contribution in [3.8, 4) is 16.9 Å². The predicted octanol–water partition coefficient (Wildman–Crippen LogP) is 6.68. The number of nitrogens with one attached hydrogen (secondary N) is 1. The van der Waals surface area contributed by atoms with Crippen molar-refractivity contribution >= 4 is 39.8 Å². The van der Waals surface area contributed by atoms with Crippen molar-refractivity contribution < 1.29 is 10.3 Å². The average Bonchev–Trinajstić information content (AvgIpc) is 2.74. The van der Waals surface area contributed by atoms with Crippen molar-refractivity contribution in [1.29, 1.82) is 0 Å². The molecule has 0 unspecified atom stereocenters. The topological polar surface area (TPSA) is 69.8 Å². The van der Waals surface area contributed by atoms with Gasteiger partial charge in [0, 0.05) is 39.8 Å². The van der Waals surface area contributed by atoms with Gasteiger partial charge in [-0.05, 0) is 79.9 Å². The van der Waals surface area contributed by atoms with Gasteiger partial charge in [-0.25, -0.2) is 4.99 Å². The summed E-state index contributed by atoms with van der Waals surface area (Å²) in [4.78, 5) is 4.91. The van der Waals surface area contributed by atoms with Gasteiger partial charge in [0.2, 0.25) is 0 Å². The molecule has 0 atom stereocenters. The number of benzene rings is 3.